The number of hydrogen-bond acceptors (Lipinski definition) is 9. The fourth-order valence-electron chi connectivity index (χ4n) is 2.95. The molecule has 33 heavy (non-hydrogen) atoms. The minimum Gasteiger partial charge on any atom is -0.453 e. The lowest BCUT2D eigenvalue weighted by Gasteiger charge is -2.26. The quantitative estimate of drug-likeness (QED) is 0.354. The molecule has 3 atom stereocenters. The summed E-state index contributed by atoms with van der Waals surface area (Å²) in [4.78, 5) is 28.0. The van der Waals surface area contributed by atoms with Gasteiger partial charge in [-0.15, -0.1) is 0 Å². The van der Waals surface area contributed by atoms with Crippen LogP contribution in [0.25, 0.3) is 0 Å². The predicted octanol–water partition coefficient (Wildman–Crippen LogP) is 3.63. The number of phosphoric acid groups is 1. The fraction of sp³-hybridized carbons (Fsp3) is 0.750. The van der Waals surface area contributed by atoms with Crippen LogP contribution in [0.3, 0.4) is 0 Å². The first-order valence-electron chi connectivity index (χ1n) is 10.6. The van der Waals surface area contributed by atoms with E-state index in [2.05, 4.69) is 4.98 Å². The van der Waals surface area contributed by atoms with Crippen molar-refractivity contribution in [2.75, 3.05) is 6.61 Å². The highest BCUT2D eigenvalue weighted by molar-refractivity contribution is 7.48. The molecule has 188 valence electrons. The first kappa shape index (κ1) is 27.5. The smallest absolute Gasteiger partial charge is 0.453 e. The number of phosphoric ester groups is 1. The van der Waals surface area contributed by atoms with Gasteiger partial charge in [0.05, 0.1) is 24.7 Å². The molecule has 1 aliphatic rings. The van der Waals surface area contributed by atoms with Crippen molar-refractivity contribution >= 4 is 13.8 Å². The van der Waals surface area contributed by atoms with E-state index in [0.29, 0.717) is 10.3 Å². The maximum atomic E-state index is 15.4. The van der Waals surface area contributed by atoms with E-state index < -0.39 is 68.6 Å². The third kappa shape index (κ3) is 6.89. The van der Waals surface area contributed by atoms with Crippen LogP contribution in [0.15, 0.2) is 17.1 Å². The van der Waals surface area contributed by atoms with Gasteiger partial charge in [0.15, 0.2) is 6.10 Å². The van der Waals surface area contributed by atoms with Crippen LogP contribution in [-0.4, -0.2) is 52.5 Å². The van der Waals surface area contributed by atoms with Gasteiger partial charge in [-0.3, -0.25) is 22.9 Å². The molecule has 0 saturated carbocycles. The lowest BCUT2D eigenvalue weighted by atomic mass is 10.1. The number of alkyl halides is 2. The van der Waals surface area contributed by atoms with Gasteiger partial charge in [0, 0.05) is 11.9 Å². The predicted molar refractivity (Wildman–Crippen MR) is 113 cm³/mol. The normalized spacial score (nSPS) is 23.0. The first-order chi connectivity index (χ1) is 15.2. The Kier molecular flexibility index (Phi) is 8.92. The molecule has 1 fully saturated rings. The lowest BCUT2D eigenvalue weighted by molar-refractivity contribution is -0.179. The number of hydrogen-bond donors (Lipinski definition) is 0. The Balaban J connectivity index is 2.37. The molecule has 0 aliphatic carbocycles. The van der Waals surface area contributed by atoms with E-state index in [1.807, 2.05) is 0 Å². The Bertz CT molecular complexity index is 923. The van der Waals surface area contributed by atoms with E-state index in [-0.39, 0.29) is 0 Å². The molecule has 1 aromatic heterocycles. The number of nitrogens with zero attached hydrogens (tertiary/aromatic N) is 2. The standard InChI is InChI=1S/C20H31F2N2O8P/c1-11(2)17(25)30-16-15(10-28-33(27,31-12(3)4)32-13(5)6)29-18(20(16,21)22)24-9-8-14(7)23-19(24)26/h8-9,11-13,15-16,18H,10H2,1-7H3/t15-,16-,18-/m1/s1. The van der Waals surface area contributed by atoms with Gasteiger partial charge in [-0.2, -0.15) is 13.8 Å². The summed E-state index contributed by atoms with van der Waals surface area (Å²) < 4.78 is 70.6. The molecule has 13 heteroatoms. The van der Waals surface area contributed by atoms with Crippen molar-refractivity contribution in [2.24, 2.45) is 5.92 Å². The largest absolute Gasteiger partial charge is 0.475 e. The van der Waals surface area contributed by atoms with Crippen LogP contribution in [-0.2, 0) is 32.4 Å². The number of carbonyl (C=O) groups excluding carboxylic acids is 1. The summed E-state index contributed by atoms with van der Waals surface area (Å²) in [5.41, 5.74) is -0.634. The van der Waals surface area contributed by atoms with Crippen LogP contribution in [0.2, 0.25) is 0 Å². The highest BCUT2D eigenvalue weighted by Gasteiger charge is 2.63. The highest BCUT2D eigenvalue weighted by Crippen LogP contribution is 2.53. The number of aryl methyl sites for hydroxylation is 1. The number of carbonyl (C=O) groups is 1. The lowest BCUT2D eigenvalue weighted by Crippen LogP contribution is -2.45. The Morgan fingerprint density at radius 3 is 2.27 bits per heavy atom. The summed E-state index contributed by atoms with van der Waals surface area (Å²) in [5, 5.41) is 0. The van der Waals surface area contributed by atoms with Crippen molar-refractivity contribution in [3.63, 3.8) is 0 Å². The second-order valence-electron chi connectivity index (χ2n) is 8.52. The van der Waals surface area contributed by atoms with Crippen LogP contribution < -0.4 is 5.69 Å². The molecular weight excluding hydrogens is 465 g/mol. The van der Waals surface area contributed by atoms with Crippen molar-refractivity contribution in [1.82, 2.24) is 9.55 Å². The van der Waals surface area contributed by atoms with E-state index in [4.69, 9.17) is 23.0 Å². The highest BCUT2D eigenvalue weighted by atomic mass is 31.2. The van der Waals surface area contributed by atoms with Crippen LogP contribution in [0, 0.1) is 12.8 Å². The van der Waals surface area contributed by atoms with Gasteiger partial charge in [-0.25, -0.2) is 9.36 Å². The monoisotopic (exact) mass is 496 g/mol. The zero-order valence-electron chi connectivity index (χ0n) is 19.7. The molecule has 0 spiro atoms. The summed E-state index contributed by atoms with van der Waals surface area (Å²) in [7, 11) is -4.16. The summed E-state index contributed by atoms with van der Waals surface area (Å²) in [6, 6.07) is 1.36. The fourth-order valence-corrected chi connectivity index (χ4v) is 4.49. The molecule has 10 nitrogen and oxygen atoms in total. The maximum absolute atomic E-state index is 15.4. The summed E-state index contributed by atoms with van der Waals surface area (Å²) in [6.07, 6.45) is -5.84. The van der Waals surface area contributed by atoms with Crippen LogP contribution in [0.4, 0.5) is 8.78 Å². The van der Waals surface area contributed by atoms with Gasteiger partial charge in [0.25, 0.3) is 0 Å². The number of aromatic nitrogens is 2. The molecule has 2 rings (SSSR count). The zero-order chi connectivity index (χ0) is 25.1. The average molecular weight is 496 g/mol. The third-order valence-electron chi connectivity index (χ3n) is 4.36. The molecule has 1 aromatic rings. The van der Waals surface area contributed by atoms with E-state index in [1.54, 1.807) is 27.7 Å². The third-order valence-corrected chi connectivity index (χ3v) is 6.19. The van der Waals surface area contributed by atoms with Gasteiger partial charge < -0.3 is 9.47 Å². The molecule has 0 bridgehead atoms. The molecule has 0 N–H and O–H groups in total. The van der Waals surface area contributed by atoms with Crippen molar-refractivity contribution in [3.8, 4) is 0 Å². The van der Waals surface area contributed by atoms with Crippen LogP contribution in [0.5, 0.6) is 0 Å². The molecule has 0 unspecified atom stereocenters. The van der Waals surface area contributed by atoms with Gasteiger partial charge >= 0.3 is 25.4 Å². The van der Waals surface area contributed by atoms with E-state index in [1.165, 1.54) is 26.8 Å². The minimum absolute atomic E-state index is 0.331. The van der Waals surface area contributed by atoms with Gasteiger partial charge in [-0.1, -0.05) is 13.8 Å². The van der Waals surface area contributed by atoms with Crippen LogP contribution >= 0.6 is 7.82 Å². The second kappa shape index (κ2) is 10.7. The van der Waals surface area contributed by atoms with Crippen molar-refractivity contribution < 1.29 is 41.2 Å². The molecule has 1 saturated heterocycles. The van der Waals surface area contributed by atoms with Crippen molar-refractivity contribution in [1.29, 1.82) is 0 Å². The Morgan fingerprint density at radius 1 is 1.21 bits per heavy atom. The molecule has 1 aliphatic heterocycles. The van der Waals surface area contributed by atoms with Gasteiger partial charge in [-0.05, 0) is 40.7 Å². The average Bonchev–Trinajstić information content (AvgIpc) is 2.89. The minimum atomic E-state index is -4.16. The maximum Gasteiger partial charge on any atom is 0.475 e. The topological polar surface area (TPSA) is 115 Å². The Labute approximate surface area is 191 Å². The molecule has 0 radical (unpaired) electrons. The van der Waals surface area contributed by atoms with Gasteiger partial charge in [0.2, 0.25) is 6.23 Å². The van der Waals surface area contributed by atoms with Crippen LogP contribution in [0.1, 0.15) is 53.5 Å². The Morgan fingerprint density at radius 2 is 1.79 bits per heavy atom. The first-order valence-corrected chi connectivity index (χ1v) is 12.0. The molecular formula is C20H31F2N2O8P. The number of esters is 1. The number of halogens is 2. The SMILES string of the molecule is Cc1ccn([C@@H]2O[C@H](COP(=O)(OC(C)C)OC(C)C)[C@@H](OC(=O)C(C)C)C2(F)F)c(=O)n1. The van der Waals surface area contributed by atoms with Crippen molar-refractivity contribution in [3.05, 3.63) is 28.4 Å². The summed E-state index contributed by atoms with van der Waals surface area (Å²) in [6.45, 7) is 10.2. The molecule has 0 aromatic carbocycles. The number of ether oxygens (including phenoxy) is 2. The molecule has 0 amide bonds. The zero-order valence-corrected chi connectivity index (χ0v) is 20.6. The second-order valence-corrected chi connectivity index (χ2v) is 10.1. The van der Waals surface area contributed by atoms with Gasteiger partial charge in [0.1, 0.15) is 6.10 Å². The van der Waals surface area contributed by atoms with E-state index in [0.717, 1.165) is 6.20 Å². The van der Waals surface area contributed by atoms with E-state index >= 15 is 8.78 Å². The molecule has 2 heterocycles. The summed E-state index contributed by atoms with van der Waals surface area (Å²) >= 11 is 0. The van der Waals surface area contributed by atoms with E-state index in [9.17, 15) is 14.2 Å². The van der Waals surface area contributed by atoms with Crippen molar-refractivity contribution in [2.45, 2.75) is 85.0 Å². The Hall–Kier alpha value is -1.72. The summed E-state index contributed by atoms with van der Waals surface area (Å²) in [5.74, 6) is -5.44. The number of rotatable bonds is 10.